The highest BCUT2D eigenvalue weighted by Gasteiger charge is 2.43. The third-order valence-corrected chi connectivity index (χ3v) is 6.24. The lowest BCUT2D eigenvalue weighted by molar-refractivity contribution is -0.136. The van der Waals surface area contributed by atoms with Crippen molar-refractivity contribution in [3.05, 3.63) is 100 Å². The van der Waals surface area contributed by atoms with Crippen LogP contribution in [0.2, 0.25) is 5.02 Å². The number of carbonyl (C=O) groups excluding carboxylic acids is 2. The quantitative estimate of drug-likeness (QED) is 0.455. The van der Waals surface area contributed by atoms with Gasteiger partial charge in [-0.3, -0.25) is 9.69 Å². The molecule has 34 heavy (non-hydrogen) atoms. The van der Waals surface area contributed by atoms with E-state index in [1.54, 1.807) is 18.1 Å². The molecule has 0 fully saturated rings. The molecule has 0 radical (unpaired) electrons. The fourth-order valence-corrected chi connectivity index (χ4v) is 4.64. The maximum absolute atomic E-state index is 13.2. The topological polar surface area (TPSA) is 65.1 Å². The number of carbonyl (C=O) groups is 2. The number of hydrogen-bond donors (Lipinski definition) is 0. The number of anilines is 1. The first-order chi connectivity index (χ1) is 16.5. The summed E-state index contributed by atoms with van der Waals surface area (Å²) in [4.78, 5) is 27.5. The standard InChI is InChI=1S/C27H22ClNO5/c1-32-24-13-18(10-11-23(24)33-15-17-6-5-7-19(28)12-17)21-14-25(30)29(20-8-3-2-4-9-20)22-16-34-27(31)26(21)22/h2-13,21H,14-16H2,1H3. The molecule has 2 heterocycles. The van der Waals surface area contributed by atoms with Gasteiger partial charge in [0.25, 0.3) is 0 Å². The van der Waals surface area contributed by atoms with Crippen molar-refractivity contribution in [1.82, 2.24) is 0 Å². The Hall–Kier alpha value is -3.77. The molecular weight excluding hydrogens is 454 g/mol. The summed E-state index contributed by atoms with van der Waals surface area (Å²) >= 11 is 6.06. The average Bonchev–Trinajstić information content (AvgIpc) is 3.24. The first-order valence-electron chi connectivity index (χ1n) is 10.9. The monoisotopic (exact) mass is 475 g/mol. The molecule has 0 aromatic heterocycles. The van der Waals surface area contributed by atoms with Crippen LogP contribution in [-0.4, -0.2) is 25.6 Å². The van der Waals surface area contributed by atoms with Crippen LogP contribution in [0.4, 0.5) is 5.69 Å². The van der Waals surface area contributed by atoms with Gasteiger partial charge in [0, 0.05) is 23.0 Å². The molecule has 1 unspecified atom stereocenters. The van der Waals surface area contributed by atoms with Crippen molar-refractivity contribution in [3.8, 4) is 11.5 Å². The Bertz CT molecular complexity index is 1290. The maximum Gasteiger partial charge on any atom is 0.336 e. The first-order valence-corrected chi connectivity index (χ1v) is 11.3. The molecule has 2 aliphatic rings. The molecule has 2 aliphatic heterocycles. The van der Waals surface area contributed by atoms with Crippen LogP contribution in [-0.2, 0) is 20.9 Å². The van der Waals surface area contributed by atoms with Crippen molar-refractivity contribution in [2.45, 2.75) is 18.9 Å². The molecule has 1 amide bonds. The van der Waals surface area contributed by atoms with Crippen LogP contribution < -0.4 is 14.4 Å². The van der Waals surface area contributed by atoms with Crippen molar-refractivity contribution in [2.24, 2.45) is 0 Å². The van der Waals surface area contributed by atoms with E-state index < -0.39 is 11.9 Å². The van der Waals surface area contributed by atoms with Gasteiger partial charge in [0.15, 0.2) is 11.5 Å². The predicted octanol–water partition coefficient (Wildman–Crippen LogP) is 5.26. The maximum atomic E-state index is 13.2. The van der Waals surface area contributed by atoms with Crippen molar-refractivity contribution in [3.63, 3.8) is 0 Å². The van der Waals surface area contributed by atoms with Crippen LogP contribution >= 0.6 is 11.6 Å². The highest BCUT2D eigenvalue weighted by Crippen LogP contribution is 2.43. The SMILES string of the molecule is COc1cc(C2CC(=O)N(c3ccccc3)C3=C2C(=O)OC3)ccc1OCc1cccc(Cl)c1. The fraction of sp³-hybridized carbons (Fsp3) is 0.185. The van der Waals surface area contributed by atoms with Gasteiger partial charge >= 0.3 is 5.97 Å². The second-order valence-corrected chi connectivity index (χ2v) is 8.52. The smallest absolute Gasteiger partial charge is 0.336 e. The Balaban J connectivity index is 1.45. The highest BCUT2D eigenvalue weighted by molar-refractivity contribution is 6.30. The molecule has 3 aromatic rings. The summed E-state index contributed by atoms with van der Waals surface area (Å²) < 4.78 is 16.9. The molecule has 0 spiro atoms. The number of nitrogens with zero attached hydrogens (tertiary/aromatic N) is 1. The van der Waals surface area contributed by atoms with E-state index in [2.05, 4.69) is 0 Å². The number of esters is 1. The molecular formula is C27H22ClNO5. The van der Waals surface area contributed by atoms with Crippen LogP contribution in [0, 0.1) is 0 Å². The predicted molar refractivity (Wildman–Crippen MR) is 128 cm³/mol. The van der Waals surface area contributed by atoms with Gasteiger partial charge in [0.1, 0.15) is 13.2 Å². The molecule has 0 saturated carbocycles. The van der Waals surface area contributed by atoms with E-state index in [1.165, 1.54) is 0 Å². The minimum Gasteiger partial charge on any atom is -0.493 e. The number of amides is 1. The van der Waals surface area contributed by atoms with Crippen LogP contribution in [0.5, 0.6) is 11.5 Å². The molecule has 0 saturated heterocycles. The van der Waals surface area contributed by atoms with Crippen molar-refractivity contribution >= 4 is 29.2 Å². The molecule has 0 N–H and O–H groups in total. The number of halogens is 1. The minimum atomic E-state index is -0.423. The Morgan fingerprint density at radius 3 is 2.59 bits per heavy atom. The zero-order chi connectivity index (χ0) is 23.7. The van der Waals surface area contributed by atoms with Crippen molar-refractivity contribution in [2.75, 3.05) is 18.6 Å². The Morgan fingerprint density at radius 1 is 1.00 bits per heavy atom. The zero-order valence-corrected chi connectivity index (χ0v) is 19.2. The summed E-state index contributed by atoms with van der Waals surface area (Å²) in [6.45, 7) is 0.398. The van der Waals surface area contributed by atoms with E-state index in [4.69, 9.17) is 25.8 Å². The third-order valence-electron chi connectivity index (χ3n) is 6.01. The fourth-order valence-electron chi connectivity index (χ4n) is 4.42. The van der Waals surface area contributed by atoms with E-state index in [0.29, 0.717) is 34.4 Å². The summed E-state index contributed by atoms with van der Waals surface area (Å²) in [5, 5.41) is 0.641. The number of cyclic esters (lactones) is 1. The third kappa shape index (κ3) is 4.13. The van der Waals surface area contributed by atoms with Crippen LogP contribution in [0.3, 0.4) is 0 Å². The number of hydrogen-bond acceptors (Lipinski definition) is 5. The molecule has 0 aliphatic carbocycles. The second kappa shape index (κ2) is 9.23. The summed E-state index contributed by atoms with van der Waals surface area (Å²) in [6.07, 6.45) is 0.148. The number of rotatable bonds is 6. The molecule has 5 rings (SSSR count). The van der Waals surface area contributed by atoms with Gasteiger partial charge in [0.05, 0.1) is 18.4 Å². The summed E-state index contributed by atoms with van der Waals surface area (Å²) in [5.41, 5.74) is 3.55. The lowest BCUT2D eigenvalue weighted by atomic mass is 9.84. The average molecular weight is 476 g/mol. The summed E-state index contributed by atoms with van der Waals surface area (Å²) in [5.74, 6) is 0.170. The lowest BCUT2D eigenvalue weighted by Gasteiger charge is -2.32. The number of methoxy groups -OCH3 is 1. The largest absolute Gasteiger partial charge is 0.493 e. The van der Waals surface area contributed by atoms with Gasteiger partial charge < -0.3 is 14.2 Å². The summed E-state index contributed by atoms with van der Waals surface area (Å²) in [6, 6.07) is 22.2. The molecule has 3 aromatic carbocycles. The van der Waals surface area contributed by atoms with Crippen LogP contribution in [0.25, 0.3) is 0 Å². The molecule has 0 bridgehead atoms. The molecule has 1 atom stereocenters. The van der Waals surface area contributed by atoms with Gasteiger partial charge in [-0.2, -0.15) is 0 Å². The molecule has 172 valence electrons. The number of para-hydroxylation sites is 1. The highest BCUT2D eigenvalue weighted by atomic mass is 35.5. The Labute approximate surface area is 202 Å². The minimum absolute atomic E-state index is 0.0727. The molecule has 6 nitrogen and oxygen atoms in total. The van der Waals surface area contributed by atoms with Crippen molar-refractivity contribution < 1.29 is 23.8 Å². The lowest BCUT2D eigenvalue weighted by Crippen LogP contribution is -2.37. The van der Waals surface area contributed by atoms with E-state index in [9.17, 15) is 9.59 Å². The Morgan fingerprint density at radius 2 is 1.82 bits per heavy atom. The van der Waals surface area contributed by atoms with Gasteiger partial charge in [0.2, 0.25) is 5.91 Å². The number of benzene rings is 3. The number of ether oxygens (including phenoxy) is 3. The van der Waals surface area contributed by atoms with E-state index in [0.717, 1.165) is 16.8 Å². The molecule has 7 heteroatoms. The van der Waals surface area contributed by atoms with Gasteiger partial charge in [-0.15, -0.1) is 0 Å². The van der Waals surface area contributed by atoms with Crippen LogP contribution in [0.1, 0.15) is 23.5 Å². The Kier molecular flexibility index (Phi) is 5.99. The van der Waals surface area contributed by atoms with E-state index in [-0.39, 0.29) is 18.9 Å². The first kappa shape index (κ1) is 22.0. The van der Waals surface area contributed by atoms with Gasteiger partial charge in [-0.05, 0) is 47.5 Å². The second-order valence-electron chi connectivity index (χ2n) is 8.09. The van der Waals surface area contributed by atoms with Gasteiger partial charge in [-0.1, -0.05) is 48.0 Å². The van der Waals surface area contributed by atoms with Crippen molar-refractivity contribution in [1.29, 1.82) is 0 Å². The normalized spacial score (nSPS) is 17.5. The van der Waals surface area contributed by atoms with E-state index >= 15 is 0 Å². The zero-order valence-electron chi connectivity index (χ0n) is 18.5. The van der Waals surface area contributed by atoms with Gasteiger partial charge in [-0.25, -0.2) is 4.79 Å². The summed E-state index contributed by atoms with van der Waals surface area (Å²) in [7, 11) is 1.56. The van der Waals surface area contributed by atoms with E-state index in [1.807, 2.05) is 66.7 Å². The van der Waals surface area contributed by atoms with Crippen LogP contribution in [0.15, 0.2) is 84.1 Å².